The van der Waals surface area contributed by atoms with Crippen LogP contribution in [0.4, 0.5) is 17.6 Å². The number of aromatic nitrogens is 1. The van der Waals surface area contributed by atoms with E-state index in [9.17, 15) is 27.2 Å². The number of hydrogen-bond acceptors (Lipinski definition) is 5. The number of halogens is 4. The zero-order valence-electron chi connectivity index (χ0n) is 10.5. The second kappa shape index (κ2) is 6.62. The van der Waals surface area contributed by atoms with E-state index in [2.05, 4.69) is 4.74 Å². The van der Waals surface area contributed by atoms with Gasteiger partial charge in [0.2, 0.25) is 11.1 Å². The Morgan fingerprint density at radius 3 is 2.67 bits per heavy atom. The first-order valence-corrected chi connectivity index (χ1v) is 6.30. The third kappa shape index (κ3) is 4.22. The molecular weight excluding hydrogens is 316 g/mol. The van der Waals surface area contributed by atoms with E-state index in [-0.39, 0.29) is 24.4 Å². The van der Waals surface area contributed by atoms with E-state index < -0.39 is 39.4 Å². The number of pyridine rings is 1. The molecule has 1 aromatic rings. The van der Waals surface area contributed by atoms with E-state index in [0.29, 0.717) is 0 Å². The van der Waals surface area contributed by atoms with Crippen molar-refractivity contribution in [3.05, 3.63) is 27.5 Å². The molecule has 0 aliphatic rings. The molecule has 0 spiro atoms. The molecule has 0 saturated heterocycles. The summed E-state index contributed by atoms with van der Waals surface area (Å²) in [4.78, 5) is 24.2. The number of ether oxygens (including phenoxy) is 1. The van der Waals surface area contributed by atoms with Crippen LogP contribution in [0.1, 0.15) is 18.1 Å². The van der Waals surface area contributed by atoms with Gasteiger partial charge in [-0.15, -0.1) is 0 Å². The fraction of sp³-hybridized carbons (Fsp3) is 0.364. The average molecular weight is 324 g/mol. The molecule has 1 aromatic heterocycles. The average Bonchev–Trinajstić information content (AvgIpc) is 2.37. The number of nitrogens with zero attached hydrogens (tertiary/aromatic N) is 1. The molecular formula is C11H8F4N2O3S. The summed E-state index contributed by atoms with van der Waals surface area (Å²) in [6.45, 7) is 1.30. The molecule has 1 atom stereocenters. The van der Waals surface area contributed by atoms with Gasteiger partial charge in [0.25, 0.3) is 0 Å². The van der Waals surface area contributed by atoms with Crippen LogP contribution in [0.5, 0.6) is 0 Å². The molecule has 21 heavy (non-hydrogen) atoms. The van der Waals surface area contributed by atoms with Crippen molar-refractivity contribution in [1.29, 1.82) is 5.26 Å². The standard InChI is InChI=1S/C11H8F4N2O3S/c1-2-20-10(19)8(12)21-9-5(4-16)6(11(13,14)15)3-7(18)17-9/h3,8H,2H2,1H3,(H,17,18). The summed E-state index contributed by atoms with van der Waals surface area (Å²) in [6, 6.07) is 1.44. The Hall–Kier alpha value is -2.02. The minimum absolute atomic E-state index is 0.0320. The van der Waals surface area contributed by atoms with Gasteiger partial charge in [0.1, 0.15) is 6.07 Å². The first-order valence-electron chi connectivity index (χ1n) is 5.42. The lowest BCUT2D eigenvalue weighted by Gasteiger charge is -2.12. The van der Waals surface area contributed by atoms with Crippen molar-refractivity contribution in [3.8, 4) is 6.07 Å². The van der Waals surface area contributed by atoms with Gasteiger partial charge >= 0.3 is 12.1 Å². The molecule has 0 saturated carbocycles. The lowest BCUT2D eigenvalue weighted by atomic mass is 10.1. The molecule has 1 rings (SSSR count). The number of alkyl halides is 4. The summed E-state index contributed by atoms with van der Waals surface area (Å²) in [7, 11) is 0. The predicted molar refractivity (Wildman–Crippen MR) is 64.2 cm³/mol. The first-order chi connectivity index (χ1) is 9.70. The first kappa shape index (κ1) is 17.0. The van der Waals surface area contributed by atoms with Crippen LogP contribution in [0, 0.1) is 11.3 Å². The van der Waals surface area contributed by atoms with Gasteiger partial charge in [-0.1, -0.05) is 11.8 Å². The Bertz CT molecular complexity index is 636. The van der Waals surface area contributed by atoms with Crippen molar-refractivity contribution in [2.24, 2.45) is 0 Å². The van der Waals surface area contributed by atoms with Crippen molar-refractivity contribution >= 4 is 17.7 Å². The van der Waals surface area contributed by atoms with Crippen molar-refractivity contribution in [1.82, 2.24) is 4.98 Å². The number of hydrogen-bond donors (Lipinski definition) is 1. The number of nitrogens with one attached hydrogen (secondary N) is 1. The molecule has 0 bridgehead atoms. The van der Waals surface area contributed by atoms with Crippen LogP contribution in [0.25, 0.3) is 0 Å². The second-order valence-electron chi connectivity index (χ2n) is 3.55. The summed E-state index contributed by atoms with van der Waals surface area (Å²) in [5.74, 6) is -1.32. The number of thioether (sulfide) groups is 1. The summed E-state index contributed by atoms with van der Waals surface area (Å²) < 4.78 is 56.0. The van der Waals surface area contributed by atoms with Crippen LogP contribution in [0.2, 0.25) is 0 Å². The van der Waals surface area contributed by atoms with E-state index in [1.54, 1.807) is 0 Å². The van der Waals surface area contributed by atoms with E-state index in [4.69, 9.17) is 5.26 Å². The van der Waals surface area contributed by atoms with Gasteiger partial charge in [-0.05, 0) is 6.92 Å². The van der Waals surface area contributed by atoms with E-state index in [0.717, 1.165) is 0 Å². The topological polar surface area (TPSA) is 83.0 Å². The van der Waals surface area contributed by atoms with Gasteiger partial charge in [-0.2, -0.15) is 18.4 Å². The van der Waals surface area contributed by atoms with E-state index in [1.807, 2.05) is 4.98 Å². The quantitative estimate of drug-likeness (QED) is 0.522. The third-order valence-corrected chi connectivity index (χ3v) is 3.06. The zero-order chi connectivity index (χ0) is 16.2. The summed E-state index contributed by atoms with van der Waals surface area (Å²) in [5, 5.41) is 8.10. The lowest BCUT2D eigenvalue weighted by molar-refractivity contribution is -0.145. The molecule has 10 heteroatoms. The minimum atomic E-state index is -4.95. The highest BCUT2D eigenvalue weighted by Crippen LogP contribution is 2.35. The largest absolute Gasteiger partial charge is 0.463 e. The predicted octanol–water partition coefficient (Wildman–Crippen LogP) is 2.22. The van der Waals surface area contributed by atoms with Gasteiger partial charge in [0.15, 0.2) is 0 Å². The monoisotopic (exact) mass is 324 g/mol. The molecule has 0 amide bonds. The van der Waals surface area contributed by atoms with Gasteiger partial charge in [-0.25, -0.2) is 9.18 Å². The number of H-pyrrole nitrogens is 1. The van der Waals surface area contributed by atoms with Gasteiger partial charge in [-0.3, -0.25) is 4.79 Å². The fourth-order valence-electron chi connectivity index (χ4n) is 1.32. The van der Waals surface area contributed by atoms with E-state index >= 15 is 0 Å². The highest BCUT2D eigenvalue weighted by Gasteiger charge is 2.36. The number of nitriles is 1. The summed E-state index contributed by atoms with van der Waals surface area (Å²) >= 11 is -0.0320. The van der Waals surface area contributed by atoms with Gasteiger partial charge in [0.05, 0.1) is 22.8 Å². The molecule has 0 aliphatic carbocycles. The lowest BCUT2D eigenvalue weighted by Crippen LogP contribution is -2.20. The van der Waals surface area contributed by atoms with Gasteiger partial charge < -0.3 is 9.72 Å². The third-order valence-electron chi connectivity index (χ3n) is 2.12. The number of aromatic amines is 1. The maximum absolute atomic E-state index is 13.5. The Morgan fingerprint density at radius 1 is 1.57 bits per heavy atom. The molecule has 1 heterocycles. The Labute approximate surface area is 119 Å². The number of rotatable bonds is 4. The Morgan fingerprint density at radius 2 is 2.19 bits per heavy atom. The van der Waals surface area contributed by atoms with Crippen LogP contribution in [0.15, 0.2) is 15.9 Å². The van der Waals surface area contributed by atoms with E-state index in [1.165, 1.54) is 13.0 Å². The number of carbonyl (C=O) groups excluding carboxylic acids is 1. The van der Waals surface area contributed by atoms with Crippen LogP contribution < -0.4 is 5.56 Å². The SMILES string of the molecule is CCOC(=O)C(F)Sc1[nH]c(=O)cc(C(F)(F)F)c1C#N. The van der Waals surface area contributed by atoms with Crippen molar-refractivity contribution in [3.63, 3.8) is 0 Å². The second-order valence-corrected chi connectivity index (χ2v) is 4.60. The Kier molecular flexibility index (Phi) is 5.37. The van der Waals surface area contributed by atoms with Crippen molar-refractivity contribution in [2.75, 3.05) is 6.61 Å². The maximum atomic E-state index is 13.5. The smallest absolute Gasteiger partial charge is 0.417 e. The number of carbonyl (C=O) groups is 1. The molecule has 1 unspecified atom stereocenters. The molecule has 0 aromatic carbocycles. The molecule has 0 fully saturated rings. The van der Waals surface area contributed by atoms with Crippen LogP contribution in [0.3, 0.4) is 0 Å². The van der Waals surface area contributed by atoms with Crippen LogP contribution in [-0.2, 0) is 15.7 Å². The molecule has 0 aliphatic heterocycles. The van der Waals surface area contributed by atoms with Crippen molar-refractivity contribution < 1.29 is 27.1 Å². The van der Waals surface area contributed by atoms with Gasteiger partial charge in [0, 0.05) is 6.07 Å². The summed E-state index contributed by atoms with van der Waals surface area (Å²) in [6.07, 6.45) is -4.95. The maximum Gasteiger partial charge on any atom is 0.417 e. The normalized spacial score (nSPS) is 12.6. The van der Waals surface area contributed by atoms with Crippen LogP contribution in [-0.4, -0.2) is 23.1 Å². The molecule has 0 radical (unpaired) electrons. The highest BCUT2D eigenvalue weighted by molar-refractivity contribution is 8.00. The zero-order valence-corrected chi connectivity index (χ0v) is 11.3. The van der Waals surface area contributed by atoms with Crippen molar-refractivity contribution in [2.45, 2.75) is 23.6 Å². The summed E-state index contributed by atoms with van der Waals surface area (Å²) in [5.41, 5.74) is -5.98. The minimum Gasteiger partial charge on any atom is -0.463 e. The fourth-order valence-corrected chi connectivity index (χ4v) is 2.12. The molecule has 1 N–H and O–H groups in total. The molecule has 114 valence electrons. The molecule has 5 nitrogen and oxygen atoms in total. The number of esters is 1. The highest BCUT2D eigenvalue weighted by atomic mass is 32.2. The Balaban J connectivity index is 3.25. The van der Waals surface area contributed by atoms with Crippen LogP contribution >= 0.6 is 11.8 Å².